The number of halogens is 3. The van der Waals surface area contributed by atoms with Gasteiger partial charge < -0.3 is 10.6 Å². The Bertz CT molecular complexity index is 763. The molecule has 0 spiro atoms. The van der Waals surface area contributed by atoms with E-state index < -0.39 is 17.6 Å². The molecule has 9 heteroatoms. The van der Waals surface area contributed by atoms with Crippen molar-refractivity contribution >= 4 is 34.6 Å². The molecular formula is C16H15F3N4OS. The highest BCUT2D eigenvalue weighted by atomic mass is 32.1. The highest BCUT2D eigenvalue weighted by Gasteiger charge is 2.29. The maximum absolute atomic E-state index is 12.6. The number of hydrazine groups is 1. The van der Waals surface area contributed by atoms with Gasteiger partial charge in [-0.15, -0.1) is 0 Å². The number of benzene rings is 2. The lowest BCUT2D eigenvalue weighted by atomic mass is 10.1. The van der Waals surface area contributed by atoms with Gasteiger partial charge in [0.25, 0.3) is 5.91 Å². The molecule has 1 amide bonds. The van der Waals surface area contributed by atoms with Crippen LogP contribution in [0, 0.1) is 0 Å². The van der Waals surface area contributed by atoms with E-state index in [2.05, 4.69) is 21.5 Å². The highest BCUT2D eigenvalue weighted by molar-refractivity contribution is 7.80. The van der Waals surface area contributed by atoms with Crippen LogP contribution in [0.15, 0.2) is 48.5 Å². The molecule has 0 radical (unpaired) electrons. The van der Waals surface area contributed by atoms with Crippen LogP contribution in [0.1, 0.15) is 15.9 Å². The number of para-hydroxylation sites is 1. The Hall–Kier alpha value is -2.81. The molecule has 0 aliphatic rings. The molecule has 0 fully saturated rings. The number of carbonyl (C=O) groups is 1. The molecule has 0 unspecified atom stereocenters. The summed E-state index contributed by atoms with van der Waals surface area (Å²) in [4.78, 5) is 12.2. The summed E-state index contributed by atoms with van der Waals surface area (Å²) >= 11 is 4.86. The van der Waals surface area contributed by atoms with Crippen LogP contribution < -0.4 is 21.5 Å². The van der Waals surface area contributed by atoms with Crippen molar-refractivity contribution in [3.8, 4) is 0 Å². The second-order valence-corrected chi connectivity index (χ2v) is 5.31. The van der Waals surface area contributed by atoms with Crippen molar-refractivity contribution in [2.45, 2.75) is 6.18 Å². The normalized spacial score (nSPS) is 10.7. The minimum atomic E-state index is -4.40. The molecule has 25 heavy (non-hydrogen) atoms. The fourth-order valence-corrected chi connectivity index (χ4v) is 1.98. The van der Waals surface area contributed by atoms with Gasteiger partial charge in [-0.2, -0.15) is 13.2 Å². The van der Waals surface area contributed by atoms with Crippen molar-refractivity contribution in [1.29, 1.82) is 0 Å². The standard InChI is InChI=1S/C16H15F3N4OS/c1-20-15(25)23-22-14(24)12-4-2-3-5-13(12)21-11-8-6-10(7-9-11)16(17,18)19/h2-9,21H,1H3,(H,22,24)(H2,20,23,25). The lowest BCUT2D eigenvalue weighted by molar-refractivity contribution is -0.137. The first kappa shape index (κ1) is 18.5. The molecule has 2 aromatic carbocycles. The lowest BCUT2D eigenvalue weighted by Crippen LogP contribution is -2.45. The summed E-state index contributed by atoms with van der Waals surface area (Å²) in [5, 5.41) is 5.81. The molecule has 0 atom stereocenters. The SMILES string of the molecule is CNC(=S)NNC(=O)c1ccccc1Nc1ccc(C(F)(F)F)cc1. The number of rotatable bonds is 3. The molecule has 0 saturated carbocycles. The molecule has 0 saturated heterocycles. The van der Waals surface area contributed by atoms with Crippen LogP contribution in [0.3, 0.4) is 0 Å². The minimum Gasteiger partial charge on any atom is -0.364 e. The van der Waals surface area contributed by atoms with Gasteiger partial charge in [-0.3, -0.25) is 15.6 Å². The molecule has 5 nitrogen and oxygen atoms in total. The summed E-state index contributed by atoms with van der Waals surface area (Å²) in [6.45, 7) is 0. The van der Waals surface area contributed by atoms with Gasteiger partial charge in [0.05, 0.1) is 16.8 Å². The Morgan fingerprint density at radius 2 is 1.64 bits per heavy atom. The second-order valence-electron chi connectivity index (χ2n) is 4.90. The third-order valence-electron chi connectivity index (χ3n) is 3.18. The quantitative estimate of drug-likeness (QED) is 0.495. The Kier molecular flexibility index (Phi) is 5.81. The van der Waals surface area contributed by atoms with Crippen molar-refractivity contribution in [3.63, 3.8) is 0 Å². The molecule has 4 N–H and O–H groups in total. The zero-order valence-corrected chi connectivity index (χ0v) is 13.9. The van der Waals surface area contributed by atoms with Crippen molar-refractivity contribution in [3.05, 3.63) is 59.7 Å². The van der Waals surface area contributed by atoms with Gasteiger partial charge in [-0.25, -0.2) is 0 Å². The van der Waals surface area contributed by atoms with Gasteiger partial charge in [-0.1, -0.05) is 12.1 Å². The molecule has 2 aromatic rings. The fourth-order valence-electron chi connectivity index (χ4n) is 1.93. The average molecular weight is 368 g/mol. The number of amides is 1. The van der Waals surface area contributed by atoms with E-state index in [0.717, 1.165) is 12.1 Å². The number of hydrogen-bond donors (Lipinski definition) is 4. The first-order chi connectivity index (χ1) is 11.8. The molecule has 0 bridgehead atoms. The Morgan fingerprint density at radius 1 is 1.00 bits per heavy atom. The van der Waals surface area contributed by atoms with Gasteiger partial charge in [0.2, 0.25) is 0 Å². The summed E-state index contributed by atoms with van der Waals surface area (Å²) in [5.74, 6) is -0.451. The second kappa shape index (κ2) is 7.84. The van der Waals surface area contributed by atoms with E-state index in [-0.39, 0.29) is 5.11 Å². The predicted molar refractivity (Wildman–Crippen MR) is 93.4 cm³/mol. The maximum atomic E-state index is 12.6. The number of thiocarbonyl (C=S) groups is 1. The van der Waals surface area contributed by atoms with Crippen LogP contribution in [-0.4, -0.2) is 18.1 Å². The zero-order valence-electron chi connectivity index (χ0n) is 13.1. The zero-order chi connectivity index (χ0) is 18.4. The predicted octanol–water partition coefficient (Wildman–Crippen LogP) is 3.19. The maximum Gasteiger partial charge on any atom is 0.416 e. The smallest absolute Gasteiger partial charge is 0.364 e. The molecular weight excluding hydrogens is 353 g/mol. The number of alkyl halides is 3. The monoisotopic (exact) mass is 368 g/mol. The Labute approximate surface area is 147 Å². The molecule has 0 heterocycles. The van der Waals surface area contributed by atoms with Crippen LogP contribution in [0.5, 0.6) is 0 Å². The molecule has 0 aromatic heterocycles. The summed E-state index contributed by atoms with van der Waals surface area (Å²) < 4.78 is 37.8. The molecule has 0 aliphatic heterocycles. The van der Waals surface area contributed by atoms with E-state index in [0.29, 0.717) is 16.9 Å². The van der Waals surface area contributed by atoms with E-state index in [4.69, 9.17) is 12.2 Å². The third kappa shape index (κ3) is 5.08. The van der Waals surface area contributed by atoms with Gasteiger partial charge in [0.15, 0.2) is 5.11 Å². The van der Waals surface area contributed by atoms with E-state index in [9.17, 15) is 18.0 Å². The first-order valence-corrected chi connectivity index (χ1v) is 7.53. The summed E-state index contributed by atoms with van der Waals surface area (Å²) in [5.41, 5.74) is 5.36. The lowest BCUT2D eigenvalue weighted by Gasteiger charge is -2.14. The number of nitrogens with one attached hydrogen (secondary N) is 4. The Balaban J connectivity index is 2.15. The van der Waals surface area contributed by atoms with Crippen molar-refractivity contribution in [2.24, 2.45) is 0 Å². The van der Waals surface area contributed by atoms with Gasteiger partial charge in [-0.05, 0) is 48.6 Å². The van der Waals surface area contributed by atoms with E-state index >= 15 is 0 Å². The van der Waals surface area contributed by atoms with E-state index in [1.54, 1.807) is 31.3 Å². The fraction of sp³-hybridized carbons (Fsp3) is 0.125. The average Bonchev–Trinajstić information content (AvgIpc) is 2.59. The summed E-state index contributed by atoms with van der Waals surface area (Å²) in [7, 11) is 1.60. The van der Waals surface area contributed by atoms with Crippen molar-refractivity contribution in [1.82, 2.24) is 16.2 Å². The highest BCUT2D eigenvalue weighted by Crippen LogP contribution is 2.30. The molecule has 2 rings (SSSR count). The van der Waals surface area contributed by atoms with Crippen LogP contribution in [-0.2, 0) is 6.18 Å². The van der Waals surface area contributed by atoms with Crippen molar-refractivity contribution in [2.75, 3.05) is 12.4 Å². The minimum absolute atomic E-state index is 0.238. The van der Waals surface area contributed by atoms with Crippen LogP contribution in [0.4, 0.5) is 24.5 Å². The molecule has 0 aliphatic carbocycles. The Morgan fingerprint density at radius 3 is 2.24 bits per heavy atom. The van der Waals surface area contributed by atoms with E-state index in [1.165, 1.54) is 12.1 Å². The van der Waals surface area contributed by atoms with Crippen LogP contribution >= 0.6 is 12.2 Å². The van der Waals surface area contributed by atoms with Gasteiger partial charge in [0, 0.05) is 12.7 Å². The van der Waals surface area contributed by atoms with Gasteiger partial charge in [0.1, 0.15) is 0 Å². The first-order valence-electron chi connectivity index (χ1n) is 7.12. The molecule has 132 valence electrons. The largest absolute Gasteiger partial charge is 0.416 e. The van der Waals surface area contributed by atoms with Crippen LogP contribution in [0.25, 0.3) is 0 Å². The third-order valence-corrected chi connectivity index (χ3v) is 3.49. The topological polar surface area (TPSA) is 65.2 Å². The van der Waals surface area contributed by atoms with Crippen LogP contribution in [0.2, 0.25) is 0 Å². The summed E-state index contributed by atoms with van der Waals surface area (Å²) in [6.07, 6.45) is -4.40. The number of hydrogen-bond acceptors (Lipinski definition) is 3. The number of carbonyl (C=O) groups excluding carboxylic acids is 1. The van der Waals surface area contributed by atoms with E-state index in [1.807, 2.05) is 0 Å². The number of anilines is 2. The summed E-state index contributed by atoms with van der Waals surface area (Å²) in [6, 6.07) is 11.1. The van der Waals surface area contributed by atoms with Gasteiger partial charge >= 0.3 is 6.18 Å². The van der Waals surface area contributed by atoms with Crippen molar-refractivity contribution < 1.29 is 18.0 Å².